The third-order valence-electron chi connectivity index (χ3n) is 5.22. The molecule has 150 valence electrons. The Hall–Kier alpha value is -2.63. The van der Waals surface area contributed by atoms with Crippen molar-refractivity contribution >= 4 is 22.9 Å². The maximum atomic E-state index is 13.2. The first-order valence-corrected chi connectivity index (χ1v) is 10.6. The molecule has 3 aromatic rings. The summed E-state index contributed by atoms with van der Waals surface area (Å²) in [7, 11) is 5.97. The molecule has 1 aromatic heterocycles. The Bertz CT molecular complexity index is 1050. The lowest BCUT2D eigenvalue weighted by Crippen LogP contribution is -2.26. The molecule has 0 saturated heterocycles. The van der Waals surface area contributed by atoms with Crippen LogP contribution in [0, 0.1) is 6.92 Å². The minimum atomic E-state index is 0.0315. The molecular weight excluding hydrogens is 380 g/mol. The normalized spacial score (nSPS) is 12.7. The van der Waals surface area contributed by atoms with Crippen molar-refractivity contribution in [3.8, 4) is 16.2 Å². The van der Waals surface area contributed by atoms with E-state index in [2.05, 4.69) is 37.2 Å². The maximum Gasteiger partial charge on any atom is 0.268 e. The number of aryl methyl sites for hydroxylation is 1. The summed E-state index contributed by atoms with van der Waals surface area (Å²) < 4.78 is 6.04. The summed E-state index contributed by atoms with van der Waals surface area (Å²) in [5, 5.41) is 0. The average Bonchev–Trinajstić information content (AvgIpc) is 3.03. The van der Waals surface area contributed by atoms with E-state index in [1.165, 1.54) is 11.1 Å². The number of amides is 1. The van der Waals surface area contributed by atoms with Gasteiger partial charge in [-0.25, -0.2) is 0 Å². The minimum Gasteiger partial charge on any atom is -0.493 e. The number of rotatable bonds is 4. The molecule has 0 radical (unpaired) electrons. The number of thiophene rings is 1. The monoisotopic (exact) mass is 406 g/mol. The van der Waals surface area contributed by atoms with E-state index >= 15 is 0 Å². The molecule has 0 fully saturated rings. The van der Waals surface area contributed by atoms with Crippen LogP contribution in [0.3, 0.4) is 0 Å². The number of ether oxygens (including phenoxy) is 1. The lowest BCUT2D eigenvalue weighted by atomic mass is 10.1. The van der Waals surface area contributed by atoms with E-state index in [-0.39, 0.29) is 5.91 Å². The number of fused-ring (bicyclic) bond motifs is 3. The van der Waals surface area contributed by atoms with Crippen LogP contribution in [0.25, 0.3) is 10.4 Å². The van der Waals surface area contributed by atoms with Gasteiger partial charge in [0.25, 0.3) is 5.91 Å². The Morgan fingerprint density at radius 1 is 1.10 bits per heavy atom. The molecule has 4 rings (SSSR count). The highest BCUT2D eigenvalue weighted by Crippen LogP contribution is 2.41. The summed E-state index contributed by atoms with van der Waals surface area (Å²) in [4.78, 5) is 19.0. The molecule has 29 heavy (non-hydrogen) atoms. The number of para-hydroxylation sites is 1. The van der Waals surface area contributed by atoms with Gasteiger partial charge in [0.1, 0.15) is 5.75 Å². The van der Waals surface area contributed by atoms with Gasteiger partial charge in [-0.2, -0.15) is 0 Å². The molecule has 1 aliphatic heterocycles. The van der Waals surface area contributed by atoms with Crippen LogP contribution in [0.4, 0.5) is 5.69 Å². The fourth-order valence-corrected chi connectivity index (χ4v) is 4.99. The van der Waals surface area contributed by atoms with E-state index in [0.29, 0.717) is 6.61 Å². The van der Waals surface area contributed by atoms with Crippen LogP contribution >= 0.6 is 11.3 Å². The van der Waals surface area contributed by atoms with Crippen LogP contribution < -0.4 is 9.64 Å². The van der Waals surface area contributed by atoms with Gasteiger partial charge in [-0.05, 0) is 62.0 Å². The second kappa shape index (κ2) is 8.01. The Morgan fingerprint density at radius 2 is 1.90 bits per heavy atom. The van der Waals surface area contributed by atoms with Crippen LogP contribution in [-0.4, -0.2) is 38.6 Å². The van der Waals surface area contributed by atoms with E-state index in [4.69, 9.17) is 4.74 Å². The van der Waals surface area contributed by atoms with Crippen molar-refractivity contribution in [2.45, 2.75) is 19.9 Å². The minimum absolute atomic E-state index is 0.0315. The molecule has 2 aromatic carbocycles. The van der Waals surface area contributed by atoms with E-state index < -0.39 is 0 Å². The van der Waals surface area contributed by atoms with Gasteiger partial charge in [0, 0.05) is 36.1 Å². The second-order valence-electron chi connectivity index (χ2n) is 7.78. The van der Waals surface area contributed by atoms with Crippen molar-refractivity contribution in [3.05, 3.63) is 70.1 Å². The van der Waals surface area contributed by atoms with E-state index in [0.717, 1.165) is 45.3 Å². The summed E-state index contributed by atoms with van der Waals surface area (Å²) in [6.07, 6.45) is 0.810. The molecule has 0 bridgehead atoms. The molecule has 1 aliphatic rings. The second-order valence-corrected chi connectivity index (χ2v) is 8.83. The molecule has 1 amide bonds. The van der Waals surface area contributed by atoms with Gasteiger partial charge in [-0.3, -0.25) is 4.79 Å². The summed E-state index contributed by atoms with van der Waals surface area (Å²) in [6, 6.07) is 16.4. The Labute approximate surface area is 176 Å². The fraction of sp³-hybridized carbons (Fsp3) is 0.292. The third kappa shape index (κ3) is 3.93. The van der Waals surface area contributed by atoms with Crippen molar-refractivity contribution in [1.82, 2.24) is 4.90 Å². The quantitative estimate of drug-likeness (QED) is 0.611. The third-order valence-corrected chi connectivity index (χ3v) is 6.42. The highest BCUT2D eigenvalue weighted by atomic mass is 32.1. The molecule has 4 nitrogen and oxygen atoms in total. The van der Waals surface area contributed by atoms with Crippen LogP contribution in [0.5, 0.6) is 5.75 Å². The fourth-order valence-electron chi connectivity index (χ4n) is 3.77. The van der Waals surface area contributed by atoms with Crippen LogP contribution in [0.15, 0.2) is 48.5 Å². The number of carbonyl (C=O) groups excluding carboxylic acids is 1. The SMILES string of the molecule is Cc1ccccc1N(C)C(=O)c1cc2c(s1)-c1ccc(CN(C)C)cc1OCC2. The number of hydrogen-bond acceptors (Lipinski definition) is 4. The zero-order valence-corrected chi connectivity index (χ0v) is 18.2. The van der Waals surface area contributed by atoms with Gasteiger partial charge in [-0.1, -0.05) is 24.3 Å². The number of anilines is 1. The first kappa shape index (κ1) is 19.7. The van der Waals surface area contributed by atoms with Gasteiger partial charge in [0.2, 0.25) is 0 Å². The predicted octanol–water partition coefficient (Wildman–Crippen LogP) is 5.00. The standard InChI is InChI=1S/C24H26N2O2S/c1-16-7-5-6-8-20(16)26(4)24(27)22-14-18-11-12-28-21-13-17(15-25(2)3)9-10-19(21)23(18)29-22/h5-10,13-14H,11-12,15H2,1-4H3. The zero-order valence-electron chi connectivity index (χ0n) is 17.4. The van der Waals surface area contributed by atoms with Crippen molar-refractivity contribution in [2.75, 3.05) is 32.6 Å². The molecule has 2 heterocycles. The molecule has 5 heteroatoms. The maximum absolute atomic E-state index is 13.2. The lowest BCUT2D eigenvalue weighted by Gasteiger charge is -2.18. The zero-order chi connectivity index (χ0) is 20.5. The number of nitrogens with zero attached hydrogens (tertiary/aromatic N) is 2. The number of carbonyl (C=O) groups is 1. The summed E-state index contributed by atoms with van der Waals surface area (Å²) in [5.41, 5.74) is 5.54. The van der Waals surface area contributed by atoms with Gasteiger partial charge >= 0.3 is 0 Å². The molecule has 0 aliphatic carbocycles. The van der Waals surface area contributed by atoms with Crippen LogP contribution in [-0.2, 0) is 13.0 Å². The Morgan fingerprint density at radius 3 is 2.66 bits per heavy atom. The van der Waals surface area contributed by atoms with E-state index in [1.54, 1.807) is 16.2 Å². The van der Waals surface area contributed by atoms with Crippen molar-refractivity contribution in [1.29, 1.82) is 0 Å². The Balaban J connectivity index is 1.68. The molecule has 0 saturated carbocycles. The summed E-state index contributed by atoms with van der Waals surface area (Å²) >= 11 is 1.57. The van der Waals surface area contributed by atoms with Crippen LogP contribution in [0.2, 0.25) is 0 Å². The average molecular weight is 407 g/mol. The largest absolute Gasteiger partial charge is 0.493 e. The lowest BCUT2D eigenvalue weighted by molar-refractivity contribution is 0.0996. The van der Waals surface area contributed by atoms with Crippen LogP contribution in [0.1, 0.15) is 26.4 Å². The topological polar surface area (TPSA) is 32.8 Å². The van der Waals surface area contributed by atoms with Gasteiger partial charge in [0.15, 0.2) is 0 Å². The first-order chi connectivity index (χ1) is 13.9. The molecule has 0 unspecified atom stereocenters. The van der Waals surface area contributed by atoms with Crippen molar-refractivity contribution in [3.63, 3.8) is 0 Å². The number of hydrogen-bond donors (Lipinski definition) is 0. The predicted molar refractivity (Wildman–Crippen MR) is 120 cm³/mol. The van der Waals surface area contributed by atoms with E-state index in [1.807, 2.05) is 44.3 Å². The highest BCUT2D eigenvalue weighted by Gasteiger charge is 2.24. The summed E-state index contributed by atoms with van der Waals surface area (Å²) in [6.45, 7) is 3.53. The number of benzene rings is 2. The summed E-state index contributed by atoms with van der Waals surface area (Å²) in [5.74, 6) is 0.945. The van der Waals surface area contributed by atoms with Gasteiger partial charge in [0.05, 0.1) is 11.5 Å². The molecular formula is C24H26N2O2S. The molecule has 0 N–H and O–H groups in total. The first-order valence-electron chi connectivity index (χ1n) is 9.81. The van der Waals surface area contributed by atoms with Gasteiger partial charge in [-0.15, -0.1) is 11.3 Å². The Kier molecular flexibility index (Phi) is 5.43. The highest BCUT2D eigenvalue weighted by molar-refractivity contribution is 7.17. The molecule has 0 atom stereocenters. The smallest absolute Gasteiger partial charge is 0.268 e. The van der Waals surface area contributed by atoms with Crippen molar-refractivity contribution < 1.29 is 9.53 Å². The van der Waals surface area contributed by atoms with E-state index in [9.17, 15) is 4.79 Å². The van der Waals surface area contributed by atoms with Crippen molar-refractivity contribution in [2.24, 2.45) is 0 Å². The van der Waals surface area contributed by atoms with Gasteiger partial charge < -0.3 is 14.5 Å². The molecule has 0 spiro atoms.